The molecule has 1 amide bonds. The molecule has 0 unspecified atom stereocenters. The van der Waals surface area contributed by atoms with Crippen molar-refractivity contribution < 1.29 is 14.3 Å². The number of likely N-dealkylation sites (N-methyl/N-ethyl adjacent to an activating group) is 2. The van der Waals surface area contributed by atoms with E-state index >= 15 is 0 Å². The van der Waals surface area contributed by atoms with Crippen LogP contribution in [-0.4, -0.2) is 51.7 Å². The average Bonchev–Trinajstić information content (AvgIpc) is 2.52. The molecule has 1 aromatic carbocycles. The van der Waals surface area contributed by atoms with E-state index in [1.54, 1.807) is 24.1 Å². The monoisotopic (exact) mass is 364 g/mol. The summed E-state index contributed by atoms with van der Waals surface area (Å²) in [5.41, 5.74) is 0.489. The molecule has 1 rings (SSSR count). The summed E-state index contributed by atoms with van der Waals surface area (Å²) in [6.45, 7) is 4.00. The van der Waals surface area contributed by atoms with E-state index < -0.39 is 0 Å². The minimum Gasteiger partial charge on any atom is -0.493 e. The Hall–Kier alpha value is -1.17. The van der Waals surface area contributed by atoms with Gasteiger partial charge in [-0.25, -0.2) is 0 Å². The molecule has 7 heteroatoms. The molecule has 0 heterocycles. The fourth-order valence-corrected chi connectivity index (χ4v) is 2.17. The van der Waals surface area contributed by atoms with Gasteiger partial charge in [-0.2, -0.15) is 0 Å². The number of rotatable bonds is 9. The summed E-state index contributed by atoms with van der Waals surface area (Å²) < 4.78 is 11.0. The molecule has 0 aromatic heterocycles. The number of halogens is 2. The molecule has 0 aliphatic carbocycles. The molecule has 0 aliphatic heterocycles. The van der Waals surface area contributed by atoms with Crippen molar-refractivity contribution in [2.45, 2.75) is 19.8 Å². The summed E-state index contributed by atoms with van der Waals surface area (Å²) >= 11 is 6.26. The Balaban J connectivity index is 0.00000484. The van der Waals surface area contributed by atoms with Gasteiger partial charge >= 0.3 is 0 Å². The second-order valence-corrected chi connectivity index (χ2v) is 5.43. The number of hydrogen-bond donors (Lipinski definition) is 1. The molecule has 132 valence electrons. The van der Waals surface area contributed by atoms with Gasteiger partial charge in [0, 0.05) is 25.7 Å². The van der Waals surface area contributed by atoms with Crippen LogP contribution in [0.15, 0.2) is 12.1 Å². The van der Waals surface area contributed by atoms with E-state index in [1.165, 1.54) is 7.11 Å². The summed E-state index contributed by atoms with van der Waals surface area (Å²) in [6, 6.07) is 3.30. The molecule has 1 aromatic rings. The quantitative estimate of drug-likeness (QED) is 0.683. The maximum absolute atomic E-state index is 12.4. The van der Waals surface area contributed by atoms with Crippen LogP contribution in [0, 0.1) is 0 Å². The van der Waals surface area contributed by atoms with Crippen molar-refractivity contribution in [3.8, 4) is 11.5 Å². The van der Waals surface area contributed by atoms with Gasteiger partial charge in [-0.3, -0.25) is 4.79 Å². The standard InChI is InChI=1S/C16H25ClN2O3.ClH/c1-5-6-9-22-15-13(17)10-12(11-14(15)21-4)16(20)19(3)8-7-18-2;/h10-11,18H,5-9H2,1-4H3;1H. The Morgan fingerprint density at radius 2 is 2.09 bits per heavy atom. The lowest BCUT2D eigenvalue weighted by atomic mass is 10.1. The van der Waals surface area contributed by atoms with Gasteiger partial charge in [0.1, 0.15) is 0 Å². The SMILES string of the molecule is CCCCOc1c(Cl)cc(C(=O)N(C)CCNC)cc1OC.Cl. The molecule has 0 atom stereocenters. The molecule has 0 spiro atoms. The van der Waals surface area contributed by atoms with Crippen molar-refractivity contribution >= 4 is 29.9 Å². The molecule has 0 aliphatic rings. The number of amides is 1. The summed E-state index contributed by atoms with van der Waals surface area (Å²) in [4.78, 5) is 14.0. The molecule has 5 nitrogen and oxygen atoms in total. The second kappa shape index (κ2) is 11.4. The number of methoxy groups -OCH3 is 1. The number of nitrogens with one attached hydrogen (secondary N) is 1. The van der Waals surface area contributed by atoms with Crippen molar-refractivity contribution in [2.75, 3.05) is 40.9 Å². The molecule has 0 saturated heterocycles. The van der Waals surface area contributed by atoms with Gasteiger partial charge in [-0.1, -0.05) is 24.9 Å². The Bertz CT molecular complexity index is 498. The third-order valence-corrected chi connectivity index (χ3v) is 3.55. The van der Waals surface area contributed by atoms with Gasteiger partial charge in [0.15, 0.2) is 11.5 Å². The Morgan fingerprint density at radius 1 is 1.39 bits per heavy atom. The van der Waals surface area contributed by atoms with E-state index in [9.17, 15) is 4.79 Å². The first kappa shape index (κ1) is 21.8. The fourth-order valence-electron chi connectivity index (χ4n) is 1.90. The maximum atomic E-state index is 12.4. The predicted molar refractivity (Wildman–Crippen MR) is 96.5 cm³/mol. The summed E-state index contributed by atoms with van der Waals surface area (Å²) in [5.74, 6) is 0.872. The van der Waals surface area contributed by atoms with Crippen LogP contribution < -0.4 is 14.8 Å². The first-order chi connectivity index (χ1) is 10.5. The molecular formula is C16H26Cl2N2O3. The van der Waals surface area contributed by atoms with Gasteiger partial charge in [-0.05, 0) is 25.6 Å². The molecule has 0 radical (unpaired) electrons. The van der Waals surface area contributed by atoms with Crippen LogP contribution >= 0.6 is 24.0 Å². The summed E-state index contributed by atoms with van der Waals surface area (Å²) in [5, 5.41) is 3.40. The van der Waals surface area contributed by atoms with E-state index in [2.05, 4.69) is 12.2 Å². The number of carbonyl (C=O) groups is 1. The van der Waals surface area contributed by atoms with Crippen molar-refractivity contribution in [3.63, 3.8) is 0 Å². The highest BCUT2D eigenvalue weighted by molar-refractivity contribution is 6.32. The highest BCUT2D eigenvalue weighted by Crippen LogP contribution is 2.36. The van der Waals surface area contributed by atoms with Crippen molar-refractivity contribution in [1.29, 1.82) is 0 Å². The largest absolute Gasteiger partial charge is 0.493 e. The number of carbonyl (C=O) groups excluding carboxylic acids is 1. The van der Waals surface area contributed by atoms with Gasteiger partial charge in [-0.15, -0.1) is 12.4 Å². The number of hydrogen-bond acceptors (Lipinski definition) is 4. The van der Waals surface area contributed by atoms with Gasteiger partial charge < -0.3 is 19.7 Å². The Morgan fingerprint density at radius 3 is 2.65 bits per heavy atom. The lowest BCUT2D eigenvalue weighted by Gasteiger charge is -2.19. The normalized spacial score (nSPS) is 9.96. The lowest BCUT2D eigenvalue weighted by molar-refractivity contribution is 0.0796. The van der Waals surface area contributed by atoms with E-state index in [0.29, 0.717) is 35.2 Å². The van der Waals surface area contributed by atoms with Crippen molar-refractivity contribution in [3.05, 3.63) is 22.7 Å². The van der Waals surface area contributed by atoms with Crippen LogP contribution in [0.1, 0.15) is 30.1 Å². The van der Waals surface area contributed by atoms with E-state index in [1.807, 2.05) is 7.05 Å². The lowest BCUT2D eigenvalue weighted by Crippen LogP contribution is -2.32. The van der Waals surface area contributed by atoms with E-state index in [4.69, 9.17) is 21.1 Å². The van der Waals surface area contributed by atoms with Crippen molar-refractivity contribution in [1.82, 2.24) is 10.2 Å². The average molecular weight is 365 g/mol. The Labute approximate surface area is 149 Å². The zero-order valence-corrected chi connectivity index (χ0v) is 15.7. The van der Waals surface area contributed by atoms with E-state index in [0.717, 1.165) is 19.4 Å². The van der Waals surface area contributed by atoms with Crippen LogP contribution in [0.5, 0.6) is 11.5 Å². The molecule has 0 bridgehead atoms. The van der Waals surface area contributed by atoms with Crippen LogP contribution in [-0.2, 0) is 0 Å². The predicted octanol–water partition coefficient (Wildman–Crippen LogP) is 3.24. The number of unbranched alkanes of at least 4 members (excludes halogenated alkanes) is 1. The zero-order valence-electron chi connectivity index (χ0n) is 14.1. The third-order valence-electron chi connectivity index (χ3n) is 3.26. The maximum Gasteiger partial charge on any atom is 0.253 e. The summed E-state index contributed by atoms with van der Waals surface area (Å²) in [6.07, 6.45) is 1.97. The van der Waals surface area contributed by atoms with Gasteiger partial charge in [0.05, 0.1) is 18.7 Å². The Kier molecular flexibility index (Phi) is 10.8. The fraction of sp³-hybridized carbons (Fsp3) is 0.562. The zero-order chi connectivity index (χ0) is 16.5. The molecule has 0 fully saturated rings. The molecular weight excluding hydrogens is 339 g/mol. The van der Waals surface area contributed by atoms with Crippen LogP contribution in [0.25, 0.3) is 0 Å². The van der Waals surface area contributed by atoms with Crippen LogP contribution in [0.4, 0.5) is 0 Å². The van der Waals surface area contributed by atoms with Crippen molar-refractivity contribution in [2.24, 2.45) is 0 Å². The van der Waals surface area contributed by atoms with Crippen LogP contribution in [0.2, 0.25) is 5.02 Å². The van der Waals surface area contributed by atoms with Crippen LogP contribution in [0.3, 0.4) is 0 Å². The van der Waals surface area contributed by atoms with Gasteiger partial charge in [0.25, 0.3) is 5.91 Å². The number of ether oxygens (including phenoxy) is 2. The highest BCUT2D eigenvalue weighted by atomic mass is 35.5. The second-order valence-electron chi connectivity index (χ2n) is 5.02. The highest BCUT2D eigenvalue weighted by Gasteiger charge is 2.18. The van der Waals surface area contributed by atoms with Gasteiger partial charge in [0.2, 0.25) is 0 Å². The minimum atomic E-state index is -0.101. The van der Waals surface area contributed by atoms with E-state index in [-0.39, 0.29) is 18.3 Å². The number of benzene rings is 1. The first-order valence-corrected chi connectivity index (χ1v) is 7.83. The molecule has 1 N–H and O–H groups in total. The third kappa shape index (κ3) is 6.45. The number of nitrogens with zero attached hydrogens (tertiary/aromatic N) is 1. The molecule has 23 heavy (non-hydrogen) atoms. The smallest absolute Gasteiger partial charge is 0.253 e. The first-order valence-electron chi connectivity index (χ1n) is 7.45. The molecule has 0 saturated carbocycles. The summed E-state index contributed by atoms with van der Waals surface area (Å²) in [7, 11) is 5.14. The topological polar surface area (TPSA) is 50.8 Å². The minimum absolute atomic E-state index is 0.